The van der Waals surface area contributed by atoms with Crippen LogP contribution in [0.25, 0.3) is 0 Å². The molecule has 158 valence electrons. The summed E-state index contributed by atoms with van der Waals surface area (Å²) < 4.78 is 19.7. The normalized spacial score (nSPS) is 23.7. The van der Waals surface area contributed by atoms with Crippen molar-refractivity contribution >= 4 is 18.1 Å². The lowest BCUT2D eigenvalue weighted by atomic mass is 9.67. The van der Waals surface area contributed by atoms with Crippen molar-refractivity contribution in [3.8, 4) is 0 Å². The third-order valence-corrected chi connectivity index (χ3v) is 12.3. The largest absolute Gasteiger partial charge is 0.415 e. The predicted molar refractivity (Wildman–Crippen MR) is 118 cm³/mol. The average molecular weight is 413 g/mol. The van der Waals surface area contributed by atoms with Gasteiger partial charge in [-0.05, 0) is 69.1 Å². The smallest absolute Gasteiger partial charge is 0.325 e. The first-order valence-corrected chi connectivity index (χ1v) is 17.0. The maximum absolute atomic E-state index is 7.29. The summed E-state index contributed by atoms with van der Waals surface area (Å²) in [4.78, 5) is 0. The highest BCUT2D eigenvalue weighted by Crippen LogP contribution is 2.54. The molecule has 3 fully saturated rings. The van der Waals surface area contributed by atoms with Crippen molar-refractivity contribution in [2.75, 3.05) is 13.2 Å². The zero-order valence-electron chi connectivity index (χ0n) is 18.1. The van der Waals surface area contributed by atoms with Crippen LogP contribution < -0.4 is 0 Å². The Morgan fingerprint density at radius 2 is 1.07 bits per heavy atom. The van der Waals surface area contributed by atoms with Crippen LogP contribution in [-0.2, 0) is 13.3 Å². The molecule has 3 saturated carbocycles. The van der Waals surface area contributed by atoms with E-state index >= 15 is 0 Å². The minimum absolute atomic E-state index is 0.201. The van der Waals surface area contributed by atoms with Gasteiger partial charge in [-0.3, -0.25) is 0 Å². The fourth-order valence-electron chi connectivity index (χ4n) is 6.34. The van der Waals surface area contributed by atoms with E-state index in [1.54, 1.807) is 0 Å². The first-order chi connectivity index (χ1) is 13.3. The summed E-state index contributed by atoms with van der Waals surface area (Å²) in [7, 11) is -2.31. The SMILES string of the molecule is CCCO[SiH](OCCC)[SiH2]OC(C1CCCC1)(C1CCCC1)C1CCCC1. The summed E-state index contributed by atoms with van der Waals surface area (Å²) in [6, 6.07) is 0. The molecule has 3 rings (SSSR count). The molecule has 0 unspecified atom stereocenters. The van der Waals surface area contributed by atoms with Crippen molar-refractivity contribution < 1.29 is 13.3 Å². The molecule has 0 aromatic rings. The second kappa shape index (κ2) is 11.5. The molecular weight excluding hydrogens is 368 g/mol. The average Bonchev–Trinajstić information content (AvgIpc) is 3.46. The minimum Gasteiger partial charge on any atom is -0.415 e. The Labute approximate surface area is 171 Å². The van der Waals surface area contributed by atoms with Gasteiger partial charge in [-0.25, -0.2) is 0 Å². The molecule has 0 aromatic carbocycles. The zero-order chi connectivity index (χ0) is 19.0. The number of hydrogen-bond donors (Lipinski definition) is 0. The third kappa shape index (κ3) is 5.47. The number of rotatable bonds is 12. The fourth-order valence-corrected chi connectivity index (χ4v) is 11.6. The van der Waals surface area contributed by atoms with Crippen molar-refractivity contribution in [2.24, 2.45) is 17.8 Å². The van der Waals surface area contributed by atoms with Crippen molar-refractivity contribution in [3.05, 3.63) is 0 Å². The summed E-state index contributed by atoms with van der Waals surface area (Å²) in [5, 5.41) is 0. The first-order valence-electron chi connectivity index (χ1n) is 12.2. The molecule has 0 saturated heterocycles. The Hall–Kier alpha value is 0.314. The molecule has 0 atom stereocenters. The lowest BCUT2D eigenvalue weighted by molar-refractivity contribution is -0.0868. The maximum Gasteiger partial charge on any atom is 0.325 e. The molecule has 3 aliphatic carbocycles. The van der Waals surface area contributed by atoms with E-state index in [0.29, 0.717) is 0 Å². The highest BCUT2D eigenvalue weighted by Gasteiger charge is 2.53. The van der Waals surface area contributed by atoms with Gasteiger partial charge in [-0.15, -0.1) is 0 Å². The molecule has 0 heterocycles. The fraction of sp³-hybridized carbons (Fsp3) is 1.00. The van der Waals surface area contributed by atoms with Gasteiger partial charge in [0, 0.05) is 13.2 Å². The van der Waals surface area contributed by atoms with Crippen molar-refractivity contribution in [1.29, 1.82) is 0 Å². The molecule has 0 radical (unpaired) electrons. The van der Waals surface area contributed by atoms with E-state index in [9.17, 15) is 0 Å². The Morgan fingerprint density at radius 3 is 1.41 bits per heavy atom. The molecule has 0 amide bonds. The number of hydrogen-bond acceptors (Lipinski definition) is 3. The van der Waals surface area contributed by atoms with Gasteiger partial charge in [-0.2, -0.15) is 0 Å². The second-order valence-corrected chi connectivity index (χ2v) is 14.4. The second-order valence-electron chi connectivity index (χ2n) is 9.28. The topological polar surface area (TPSA) is 27.7 Å². The van der Waals surface area contributed by atoms with Crippen LogP contribution in [-0.4, -0.2) is 36.9 Å². The van der Waals surface area contributed by atoms with Gasteiger partial charge in [0.25, 0.3) is 0 Å². The van der Waals surface area contributed by atoms with Crippen molar-refractivity contribution in [1.82, 2.24) is 0 Å². The van der Waals surface area contributed by atoms with Crippen LogP contribution in [0.15, 0.2) is 0 Å². The standard InChI is InChI=1S/C22H44O3Si2/c1-3-17-23-27(24-18-4-2)26-25-22(19-11-5-6-12-19,20-13-7-8-14-20)21-15-9-10-16-21/h19-21,27H,3-18,26H2,1-2H3. The maximum atomic E-state index is 7.29. The third-order valence-electron chi connectivity index (χ3n) is 7.46. The van der Waals surface area contributed by atoms with E-state index in [0.717, 1.165) is 43.8 Å². The molecule has 3 aliphatic rings. The molecule has 27 heavy (non-hydrogen) atoms. The van der Waals surface area contributed by atoms with Crippen LogP contribution in [0.4, 0.5) is 0 Å². The molecule has 0 N–H and O–H groups in total. The van der Waals surface area contributed by atoms with E-state index in [1.165, 1.54) is 77.0 Å². The lowest BCUT2D eigenvalue weighted by Gasteiger charge is -2.49. The molecule has 0 spiro atoms. The Balaban J connectivity index is 1.76. The molecule has 5 heteroatoms. The quantitative estimate of drug-likeness (QED) is 0.424. The van der Waals surface area contributed by atoms with Gasteiger partial charge in [0.2, 0.25) is 9.28 Å². The van der Waals surface area contributed by atoms with Gasteiger partial charge < -0.3 is 13.3 Å². The van der Waals surface area contributed by atoms with Crippen LogP contribution in [0.1, 0.15) is 104 Å². The highest BCUT2D eigenvalue weighted by atomic mass is 29.2. The Kier molecular flexibility index (Phi) is 9.36. The Bertz CT molecular complexity index is 354. The van der Waals surface area contributed by atoms with E-state index < -0.39 is 18.1 Å². The minimum atomic E-state index is -1.58. The van der Waals surface area contributed by atoms with Crippen LogP contribution in [0, 0.1) is 17.8 Å². The summed E-state index contributed by atoms with van der Waals surface area (Å²) in [5.74, 6) is 2.47. The summed E-state index contributed by atoms with van der Waals surface area (Å²) in [6.45, 7) is 6.13. The van der Waals surface area contributed by atoms with Gasteiger partial charge in [-0.1, -0.05) is 52.4 Å². The van der Waals surface area contributed by atoms with Gasteiger partial charge >= 0.3 is 8.80 Å². The molecule has 0 aromatic heterocycles. The van der Waals surface area contributed by atoms with Gasteiger partial charge in [0.15, 0.2) is 0 Å². The van der Waals surface area contributed by atoms with Crippen LogP contribution >= 0.6 is 0 Å². The zero-order valence-corrected chi connectivity index (χ0v) is 20.6. The van der Waals surface area contributed by atoms with Crippen LogP contribution in [0.2, 0.25) is 0 Å². The molecule has 0 aliphatic heterocycles. The predicted octanol–water partition coefficient (Wildman–Crippen LogP) is 4.97. The van der Waals surface area contributed by atoms with E-state index in [4.69, 9.17) is 13.3 Å². The summed E-state index contributed by atoms with van der Waals surface area (Å²) in [6.07, 6.45) is 19.2. The molecule has 0 bridgehead atoms. The monoisotopic (exact) mass is 412 g/mol. The van der Waals surface area contributed by atoms with E-state index in [2.05, 4.69) is 13.8 Å². The van der Waals surface area contributed by atoms with Gasteiger partial charge in [0.1, 0.15) is 0 Å². The Morgan fingerprint density at radius 1 is 0.704 bits per heavy atom. The van der Waals surface area contributed by atoms with Crippen molar-refractivity contribution in [2.45, 2.75) is 109 Å². The van der Waals surface area contributed by atoms with Crippen LogP contribution in [0.3, 0.4) is 0 Å². The summed E-state index contributed by atoms with van der Waals surface area (Å²) >= 11 is 0. The van der Waals surface area contributed by atoms with Crippen LogP contribution in [0.5, 0.6) is 0 Å². The van der Waals surface area contributed by atoms with Gasteiger partial charge in [0.05, 0.1) is 5.60 Å². The van der Waals surface area contributed by atoms with E-state index in [-0.39, 0.29) is 5.60 Å². The lowest BCUT2D eigenvalue weighted by Crippen LogP contribution is -2.54. The highest BCUT2D eigenvalue weighted by molar-refractivity contribution is 7.02. The molecule has 3 nitrogen and oxygen atoms in total. The van der Waals surface area contributed by atoms with E-state index in [1.807, 2.05) is 0 Å². The first kappa shape index (κ1) is 22.0. The summed E-state index contributed by atoms with van der Waals surface area (Å²) in [5.41, 5.74) is 0.201. The van der Waals surface area contributed by atoms with Crippen molar-refractivity contribution in [3.63, 3.8) is 0 Å². The molecular formula is C22H44O3Si2.